The fourth-order valence-electron chi connectivity index (χ4n) is 3.05. The summed E-state index contributed by atoms with van der Waals surface area (Å²) in [5, 5.41) is 7.01. The van der Waals surface area contributed by atoms with Crippen LogP contribution in [-0.4, -0.2) is 41.2 Å². The van der Waals surface area contributed by atoms with Crippen molar-refractivity contribution in [1.82, 2.24) is 15.3 Å². The Hall–Kier alpha value is -2.98. The Bertz CT molecular complexity index is 1040. The second-order valence-corrected chi connectivity index (χ2v) is 7.48. The molecule has 156 valence electrons. The van der Waals surface area contributed by atoms with Crippen molar-refractivity contribution in [3.63, 3.8) is 0 Å². The van der Waals surface area contributed by atoms with Gasteiger partial charge in [-0.3, -0.25) is 9.78 Å². The number of hydrogen-bond acceptors (Lipinski definition) is 6. The number of alkyl halides is 1. The predicted molar refractivity (Wildman–Crippen MR) is 106 cm³/mol. The Morgan fingerprint density at radius 3 is 2.83 bits per heavy atom. The van der Waals surface area contributed by atoms with Crippen LogP contribution in [0.5, 0.6) is 5.75 Å². The average Bonchev–Trinajstić information content (AvgIpc) is 3.21. The summed E-state index contributed by atoms with van der Waals surface area (Å²) < 4.78 is 47.7. The van der Waals surface area contributed by atoms with Gasteiger partial charge in [-0.05, 0) is 25.1 Å². The number of piperidine rings is 1. The Labute approximate surface area is 174 Å². The molecule has 6 nitrogen and oxygen atoms in total. The van der Waals surface area contributed by atoms with Crippen LogP contribution in [0.3, 0.4) is 0 Å². The van der Waals surface area contributed by atoms with Gasteiger partial charge in [0, 0.05) is 24.2 Å². The molecule has 1 fully saturated rings. The van der Waals surface area contributed by atoms with Gasteiger partial charge in [0.1, 0.15) is 46.0 Å². The maximum Gasteiger partial charge on any atom is 0.275 e. The van der Waals surface area contributed by atoms with Crippen molar-refractivity contribution in [2.24, 2.45) is 0 Å². The lowest BCUT2D eigenvalue weighted by Gasteiger charge is -2.28. The lowest BCUT2D eigenvalue weighted by Crippen LogP contribution is -2.44. The number of amides is 1. The quantitative estimate of drug-likeness (QED) is 0.639. The molecule has 2 atom stereocenters. The minimum atomic E-state index is -1.17. The van der Waals surface area contributed by atoms with Crippen LogP contribution >= 0.6 is 11.3 Å². The zero-order chi connectivity index (χ0) is 21.1. The van der Waals surface area contributed by atoms with Gasteiger partial charge in [-0.25, -0.2) is 18.2 Å². The highest BCUT2D eigenvalue weighted by molar-refractivity contribution is 7.13. The highest BCUT2D eigenvalue weighted by Gasteiger charge is 2.27. The molecule has 10 heteroatoms. The van der Waals surface area contributed by atoms with Gasteiger partial charge in [0.25, 0.3) is 5.91 Å². The minimum absolute atomic E-state index is 0.0160. The smallest absolute Gasteiger partial charge is 0.275 e. The van der Waals surface area contributed by atoms with Crippen molar-refractivity contribution in [2.45, 2.75) is 18.7 Å². The monoisotopic (exact) mass is 434 g/mol. The largest absolute Gasteiger partial charge is 0.485 e. The van der Waals surface area contributed by atoms with Gasteiger partial charge in [-0.2, -0.15) is 0 Å². The highest BCUT2D eigenvalue weighted by atomic mass is 32.1. The van der Waals surface area contributed by atoms with Crippen molar-refractivity contribution in [1.29, 1.82) is 0 Å². The molecular weight excluding hydrogens is 417 g/mol. The normalized spacial score (nSPS) is 18.8. The minimum Gasteiger partial charge on any atom is -0.485 e. The van der Waals surface area contributed by atoms with E-state index in [-0.39, 0.29) is 34.2 Å². The van der Waals surface area contributed by atoms with Crippen molar-refractivity contribution < 1.29 is 22.7 Å². The van der Waals surface area contributed by atoms with E-state index < -0.39 is 29.8 Å². The zero-order valence-electron chi connectivity index (χ0n) is 15.6. The van der Waals surface area contributed by atoms with Crippen LogP contribution in [0.25, 0.3) is 10.6 Å². The maximum absolute atomic E-state index is 14.1. The molecule has 1 saturated heterocycles. The van der Waals surface area contributed by atoms with Crippen LogP contribution in [0.2, 0.25) is 0 Å². The number of carbonyl (C=O) groups is 1. The van der Waals surface area contributed by atoms with E-state index in [9.17, 15) is 18.0 Å². The molecule has 1 aromatic carbocycles. The van der Waals surface area contributed by atoms with E-state index in [4.69, 9.17) is 4.74 Å². The number of thiazole rings is 1. The van der Waals surface area contributed by atoms with Crippen molar-refractivity contribution in [3.05, 3.63) is 59.4 Å². The van der Waals surface area contributed by atoms with E-state index >= 15 is 0 Å². The molecule has 1 amide bonds. The van der Waals surface area contributed by atoms with Gasteiger partial charge in [0.15, 0.2) is 0 Å². The number of carbonyl (C=O) groups excluding carboxylic acids is 1. The molecule has 2 aromatic heterocycles. The van der Waals surface area contributed by atoms with E-state index in [1.807, 2.05) is 0 Å². The van der Waals surface area contributed by atoms with E-state index in [1.54, 1.807) is 0 Å². The number of anilines is 1. The molecule has 0 radical (unpaired) electrons. The van der Waals surface area contributed by atoms with Gasteiger partial charge in [-0.15, -0.1) is 11.3 Å². The third-order valence-electron chi connectivity index (χ3n) is 4.57. The lowest BCUT2D eigenvalue weighted by atomic mass is 10.1. The summed E-state index contributed by atoms with van der Waals surface area (Å²) in [6.07, 6.45) is 1.53. The Morgan fingerprint density at radius 2 is 2.07 bits per heavy atom. The van der Waals surface area contributed by atoms with Gasteiger partial charge in [-0.1, -0.05) is 6.07 Å². The number of ether oxygens (including phenoxy) is 1. The summed E-state index contributed by atoms with van der Waals surface area (Å²) in [5.74, 6) is -1.85. The van der Waals surface area contributed by atoms with Crippen LogP contribution in [0.4, 0.5) is 18.9 Å². The fourth-order valence-corrected chi connectivity index (χ4v) is 3.90. The molecule has 0 bridgehead atoms. The van der Waals surface area contributed by atoms with Gasteiger partial charge < -0.3 is 15.4 Å². The molecular formula is C20H17F3N4O2S. The second kappa shape index (κ2) is 8.80. The van der Waals surface area contributed by atoms with Crippen LogP contribution in [0.15, 0.2) is 42.0 Å². The number of aromatic nitrogens is 2. The molecule has 0 saturated carbocycles. The molecule has 1 aliphatic heterocycles. The lowest BCUT2D eigenvalue weighted by molar-refractivity contribution is 0.0735. The van der Waals surface area contributed by atoms with E-state index in [0.717, 1.165) is 23.5 Å². The Morgan fingerprint density at radius 1 is 1.27 bits per heavy atom. The van der Waals surface area contributed by atoms with E-state index in [0.29, 0.717) is 13.0 Å². The Balaban J connectivity index is 1.52. The van der Waals surface area contributed by atoms with Gasteiger partial charge in [0.2, 0.25) is 0 Å². The van der Waals surface area contributed by atoms with Crippen LogP contribution in [0.1, 0.15) is 16.9 Å². The topological polar surface area (TPSA) is 76.1 Å². The number of hydrogen-bond donors (Lipinski definition) is 2. The Kier molecular flexibility index (Phi) is 5.96. The van der Waals surface area contributed by atoms with Crippen LogP contribution in [-0.2, 0) is 0 Å². The maximum atomic E-state index is 14.1. The summed E-state index contributed by atoms with van der Waals surface area (Å²) >= 11 is 0.947. The number of benzene rings is 1. The SMILES string of the molecule is O=C(Nc1cnccc1OC1CCNCC1F)c1csc(-c2c(F)cccc2F)n1. The summed E-state index contributed by atoms with van der Waals surface area (Å²) in [7, 11) is 0. The molecule has 2 unspecified atom stereocenters. The first kappa shape index (κ1) is 20.3. The third kappa shape index (κ3) is 4.29. The molecule has 3 aromatic rings. The van der Waals surface area contributed by atoms with Crippen molar-refractivity contribution in [2.75, 3.05) is 18.4 Å². The number of rotatable bonds is 5. The first-order valence-electron chi connectivity index (χ1n) is 9.19. The van der Waals surface area contributed by atoms with Crippen LogP contribution < -0.4 is 15.4 Å². The number of halogens is 3. The van der Waals surface area contributed by atoms with E-state index in [2.05, 4.69) is 20.6 Å². The molecule has 3 heterocycles. The standard InChI is InChI=1S/C20H17F3N4O2S/c21-11-2-1-3-12(22)18(11)20-27-15(10-30-20)19(28)26-14-9-25-7-5-17(14)29-16-4-6-24-8-13(16)23/h1-3,5,7,9-10,13,16,24H,4,6,8H2,(H,26,28). The van der Waals surface area contributed by atoms with E-state index in [1.165, 1.54) is 29.9 Å². The first-order chi connectivity index (χ1) is 14.5. The number of nitrogens with zero attached hydrogens (tertiary/aromatic N) is 2. The summed E-state index contributed by atoms with van der Waals surface area (Å²) in [6.45, 7) is 0.831. The molecule has 30 heavy (non-hydrogen) atoms. The average molecular weight is 434 g/mol. The van der Waals surface area contributed by atoms with Crippen molar-refractivity contribution >= 4 is 22.9 Å². The second-order valence-electron chi connectivity index (χ2n) is 6.63. The molecule has 1 aliphatic rings. The first-order valence-corrected chi connectivity index (χ1v) is 10.1. The van der Waals surface area contributed by atoms with Gasteiger partial charge in [0.05, 0.1) is 11.8 Å². The highest BCUT2D eigenvalue weighted by Crippen LogP contribution is 2.30. The molecule has 0 spiro atoms. The summed E-state index contributed by atoms with van der Waals surface area (Å²) in [6, 6.07) is 5.03. The van der Waals surface area contributed by atoms with Gasteiger partial charge >= 0.3 is 0 Å². The fraction of sp³-hybridized carbons (Fsp3) is 0.250. The zero-order valence-corrected chi connectivity index (χ0v) is 16.4. The molecule has 0 aliphatic carbocycles. The third-order valence-corrected chi connectivity index (χ3v) is 5.43. The number of nitrogens with one attached hydrogen (secondary N) is 2. The summed E-state index contributed by atoms with van der Waals surface area (Å²) in [5.41, 5.74) is -0.0515. The number of pyridine rings is 1. The molecule has 4 rings (SSSR count). The van der Waals surface area contributed by atoms with Crippen molar-refractivity contribution in [3.8, 4) is 16.3 Å². The van der Waals surface area contributed by atoms with Crippen LogP contribution in [0, 0.1) is 11.6 Å². The predicted octanol–water partition coefficient (Wildman–Crippen LogP) is 3.81. The molecule has 2 N–H and O–H groups in total. The summed E-state index contributed by atoms with van der Waals surface area (Å²) in [4.78, 5) is 20.6.